The van der Waals surface area contributed by atoms with Gasteiger partial charge in [-0.25, -0.2) is 0 Å². The molecule has 3 nitrogen and oxygen atoms in total. The molecule has 0 aliphatic rings. The highest BCUT2D eigenvalue weighted by molar-refractivity contribution is 5.76. The first-order valence-electron chi connectivity index (χ1n) is 13.2. The normalized spacial score (nSPS) is 12.2. The molecule has 3 N–H and O–H groups in total. The molecular formula is C26H54N2O. The van der Waals surface area contributed by atoms with Gasteiger partial charge in [0.1, 0.15) is 0 Å². The van der Waals surface area contributed by atoms with Gasteiger partial charge in [0.15, 0.2) is 0 Å². The molecule has 0 radical (unpaired) electrons. The zero-order valence-corrected chi connectivity index (χ0v) is 20.1. The van der Waals surface area contributed by atoms with Crippen molar-refractivity contribution in [3.8, 4) is 0 Å². The molecule has 0 heterocycles. The monoisotopic (exact) mass is 410 g/mol. The summed E-state index contributed by atoms with van der Waals surface area (Å²) in [4.78, 5) is 11.8. The number of carbonyl (C=O) groups excluding carboxylic acids is 1. The summed E-state index contributed by atoms with van der Waals surface area (Å²) in [5, 5.41) is 3.01. The smallest absolute Gasteiger partial charge is 0.220 e. The number of nitrogens with two attached hydrogens (primary N) is 1. The van der Waals surface area contributed by atoms with E-state index in [9.17, 15) is 4.79 Å². The lowest BCUT2D eigenvalue weighted by Gasteiger charge is -2.14. The van der Waals surface area contributed by atoms with Crippen LogP contribution in [0.25, 0.3) is 0 Å². The fraction of sp³-hybridized carbons (Fsp3) is 0.962. The lowest BCUT2D eigenvalue weighted by atomic mass is 10.0. The van der Waals surface area contributed by atoms with E-state index in [1.54, 1.807) is 0 Å². The minimum absolute atomic E-state index is 0.155. The summed E-state index contributed by atoms with van der Waals surface area (Å²) in [7, 11) is 0. The molecule has 0 fully saturated rings. The molecule has 0 aromatic rings. The Kier molecular flexibility index (Phi) is 23.2. The van der Waals surface area contributed by atoms with Gasteiger partial charge in [0.2, 0.25) is 5.91 Å². The van der Waals surface area contributed by atoms with Crippen LogP contribution in [0.5, 0.6) is 0 Å². The zero-order valence-electron chi connectivity index (χ0n) is 20.1. The molecule has 174 valence electrons. The lowest BCUT2D eigenvalue weighted by Crippen LogP contribution is -2.39. The van der Waals surface area contributed by atoms with E-state index in [0.29, 0.717) is 13.0 Å². The number of carbonyl (C=O) groups is 1. The van der Waals surface area contributed by atoms with Gasteiger partial charge < -0.3 is 11.1 Å². The van der Waals surface area contributed by atoms with Crippen LogP contribution in [0.3, 0.4) is 0 Å². The van der Waals surface area contributed by atoms with Crippen molar-refractivity contribution >= 4 is 5.91 Å². The van der Waals surface area contributed by atoms with Crippen molar-refractivity contribution in [1.82, 2.24) is 5.32 Å². The molecule has 0 bridgehead atoms. The van der Waals surface area contributed by atoms with Crippen LogP contribution in [-0.4, -0.2) is 18.5 Å². The first-order chi connectivity index (χ1) is 14.2. The third-order valence-electron chi connectivity index (χ3n) is 6.15. The molecule has 0 saturated carbocycles. The maximum absolute atomic E-state index is 11.8. The SMILES string of the molecule is CCCCCCCCCCCCCCCCCCCCCC(=O)NC(CC)CN. The minimum atomic E-state index is 0.155. The van der Waals surface area contributed by atoms with E-state index >= 15 is 0 Å². The Morgan fingerprint density at radius 1 is 0.621 bits per heavy atom. The first kappa shape index (κ1) is 28.4. The van der Waals surface area contributed by atoms with E-state index in [-0.39, 0.29) is 11.9 Å². The van der Waals surface area contributed by atoms with Gasteiger partial charge in [-0.15, -0.1) is 0 Å². The first-order valence-corrected chi connectivity index (χ1v) is 13.2. The quantitative estimate of drug-likeness (QED) is 0.170. The van der Waals surface area contributed by atoms with Gasteiger partial charge in [-0.2, -0.15) is 0 Å². The van der Waals surface area contributed by atoms with Crippen LogP contribution in [-0.2, 0) is 4.79 Å². The molecule has 1 amide bonds. The standard InChI is InChI=1S/C26H54N2O/c1-3-5-6-7-8-9-10-11-12-13-14-15-16-17-18-19-20-21-22-23-26(29)28-25(4-2)24-27/h25H,3-24,27H2,1-2H3,(H,28,29). The molecule has 0 rings (SSSR count). The molecule has 0 aromatic heterocycles. The van der Waals surface area contributed by atoms with E-state index in [0.717, 1.165) is 12.8 Å². The number of hydrogen-bond donors (Lipinski definition) is 2. The van der Waals surface area contributed by atoms with Crippen molar-refractivity contribution in [1.29, 1.82) is 0 Å². The third-order valence-corrected chi connectivity index (χ3v) is 6.15. The van der Waals surface area contributed by atoms with Crippen LogP contribution >= 0.6 is 0 Å². The summed E-state index contributed by atoms with van der Waals surface area (Å²) in [5.41, 5.74) is 5.62. The molecule has 1 unspecified atom stereocenters. The second-order valence-electron chi connectivity index (χ2n) is 9.02. The Balaban J connectivity index is 3.14. The maximum Gasteiger partial charge on any atom is 0.220 e. The molecule has 0 spiro atoms. The largest absolute Gasteiger partial charge is 0.352 e. The van der Waals surface area contributed by atoms with Crippen LogP contribution in [0, 0.1) is 0 Å². The van der Waals surface area contributed by atoms with E-state index in [1.165, 1.54) is 116 Å². The van der Waals surface area contributed by atoms with E-state index in [1.807, 2.05) is 0 Å². The van der Waals surface area contributed by atoms with Crippen molar-refractivity contribution in [2.45, 2.75) is 155 Å². The predicted molar refractivity (Wildman–Crippen MR) is 129 cm³/mol. The summed E-state index contributed by atoms with van der Waals surface area (Å²) in [5.74, 6) is 0.175. The van der Waals surface area contributed by atoms with Gasteiger partial charge in [0.25, 0.3) is 0 Å². The molecule has 3 heteroatoms. The average molecular weight is 411 g/mol. The van der Waals surface area contributed by atoms with Crippen LogP contribution in [0.2, 0.25) is 0 Å². The molecule has 0 saturated heterocycles. The average Bonchev–Trinajstić information content (AvgIpc) is 2.73. The maximum atomic E-state index is 11.8. The Hall–Kier alpha value is -0.570. The molecule has 0 aliphatic heterocycles. The summed E-state index contributed by atoms with van der Waals surface area (Å²) in [6, 6.07) is 0.155. The predicted octanol–water partition coefficient (Wildman–Crippen LogP) is 7.66. The molecule has 0 aliphatic carbocycles. The number of amides is 1. The van der Waals surface area contributed by atoms with Gasteiger partial charge >= 0.3 is 0 Å². The second kappa shape index (κ2) is 23.7. The van der Waals surface area contributed by atoms with Gasteiger partial charge in [-0.1, -0.05) is 129 Å². The highest BCUT2D eigenvalue weighted by atomic mass is 16.1. The fourth-order valence-electron chi connectivity index (χ4n) is 3.99. The van der Waals surface area contributed by atoms with E-state index in [4.69, 9.17) is 5.73 Å². The number of unbranched alkanes of at least 4 members (excludes halogenated alkanes) is 18. The van der Waals surface area contributed by atoms with Crippen molar-refractivity contribution in [3.63, 3.8) is 0 Å². The topological polar surface area (TPSA) is 55.1 Å². The molecule has 29 heavy (non-hydrogen) atoms. The lowest BCUT2D eigenvalue weighted by molar-refractivity contribution is -0.121. The third kappa shape index (κ3) is 21.9. The highest BCUT2D eigenvalue weighted by Crippen LogP contribution is 2.14. The van der Waals surface area contributed by atoms with Crippen LogP contribution in [0.15, 0.2) is 0 Å². The van der Waals surface area contributed by atoms with Crippen molar-refractivity contribution in [2.75, 3.05) is 6.54 Å². The summed E-state index contributed by atoms with van der Waals surface area (Å²) in [6.07, 6.45) is 27.9. The Morgan fingerprint density at radius 2 is 0.966 bits per heavy atom. The number of nitrogens with one attached hydrogen (secondary N) is 1. The summed E-state index contributed by atoms with van der Waals surface area (Å²) < 4.78 is 0. The van der Waals surface area contributed by atoms with Crippen molar-refractivity contribution in [2.24, 2.45) is 5.73 Å². The number of rotatable bonds is 23. The van der Waals surface area contributed by atoms with Crippen molar-refractivity contribution in [3.05, 3.63) is 0 Å². The Bertz CT molecular complexity index is 329. The zero-order chi connectivity index (χ0) is 21.4. The van der Waals surface area contributed by atoms with Gasteiger partial charge in [0, 0.05) is 19.0 Å². The number of hydrogen-bond acceptors (Lipinski definition) is 2. The van der Waals surface area contributed by atoms with Crippen molar-refractivity contribution < 1.29 is 4.79 Å². The van der Waals surface area contributed by atoms with Crippen LogP contribution in [0.4, 0.5) is 0 Å². The Labute approximate surface area is 183 Å². The van der Waals surface area contributed by atoms with E-state index in [2.05, 4.69) is 19.2 Å². The summed E-state index contributed by atoms with van der Waals surface area (Å²) in [6.45, 7) is 4.90. The molecule has 0 aromatic carbocycles. The van der Waals surface area contributed by atoms with Gasteiger partial charge in [-0.05, 0) is 12.8 Å². The Morgan fingerprint density at radius 3 is 1.28 bits per heavy atom. The summed E-state index contributed by atoms with van der Waals surface area (Å²) >= 11 is 0. The minimum Gasteiger partial charge on any atom is -0.352 e. The van der Waals surface area contributed by atoms with Gasteiger partial charge in [-0.3, -0.25) is 4.79 Å². The van der Waals surface area contributed by atoms with Crippen LogP contribution in [0.1, 0.15) is 149 Å². The van der Waals surface area contributed by atoms with Gasteiger partial charge in [0.05, 0.1) is 0 Å². The fourth-order valence-corrected chi connectivity index (χ4v) is 3.99. The highest BCUT2D eigenvalue weighted by Gasteiger charge is 2.07. The second-order valence-corrected chi connectivity index (χ2v) is 9.02. The molecule has 1 atom stereocenters. The van der Waals surface area contributed by atoms with E-state index < -0.39 is 0 Å². The molecular weight excluding hydrogens is 356 g/mol. The van der Waals surface area contributed by atoms with Crippen LogP contribution < -0.4 is 11.1 Å².